The van der Waals surface area contributed by atoms with Crippen LogP contribution in [0.5, 0.6) is 0 Å². The first-order chi connectivity index (χ1) is 16.2. The summed E-state index contributed by atoms with van der Waals surface area (Å²) in [5.74, 6) is 0.0379. The second kappa shape index (κ2) is 10.0. The summed E-state index contributed by atoms with van der Waals surface area (Å²) < 4.78 is 25.1. The highest BCUT2D eigenvalue weighted by Gasteiger charge is 2.23. The van der Waals surface area contributed by atoms with Crippen molar-refractivity contribution in [2.45, 2.75) is 32.6 Å². The molecule has 0 N–H and O–H groups in total. The molecule has 0 aliphatic carbocycles. The lowest BCUT2D eigenvalue weighted by atomic mass is 9.83. The molecule has 2 heterocycles. The quantitative estimate of drug-likeness (QED) is 0.444. The number of rotatable bonds is 7. The lowest BCUT2D eigenvalue weighted by molar-refractivity contribution is 0.0977. The summed E-state index contributed by atoms with van der Waals surface area (Å²) in [4.78, 5) is 17.4. The largest absolute Gasteiger partial charge is 0.294 e. The predicted molar refractivity (Wildman–Crippen MR) is 136 cm³/mol. The molecule has 0 unspecified atom stereocenters. The zero-order valence-corrected chi connectivity index (χ0v) is 20.7. The van der Waals surface area contributed by atoms with Gasteiger partial charge in [-0.15, -0.1) is 0 Å². The zero-order valence-electron chi connectivity index (χ0n) is 19.9. The van der Waals surface area contributed by atoms with E-state index in [4.69, 9.17) is 0 Å². The minimum Gasteiger partial charge on any atom is -0.294 e. The Morgan fingerprint density at radius 3 is 2.41 bits per heavy atom. The van der Waals surface area contributed by atoms with Crippen LogP contribution in [-0.4, -0.2) is 42.8 Å². The van der Waals surface area contributed by atoms with Gasteiger partial charge in [-0.1, -0.05) is 54.6 Å². The molecule has 5 nitrogen and oxygen atoms in total. The second-order valence-electron chi connectivity index (χ2n) is 8.94. The van der Waals surface area contributed by atoms with E-state index in [1.165, 1.54) is 10.6 Å². The van der Waals surface area contributed by atoms with Crippen molar-refractivity contribution < 1.29 is 13.2 Å². The summed E-state index contributed by atoms with van der Waals surface area (Å²) in [6.45, 7) is 4.88. The smallest absolute Gasteiger partial charge is 0.211 e. The summed E-state index contributed by atoms with van der Waals surface area (Å²) in [5, 5.41) is 0. The van der Waals surface area contributed by atoms with Gasteiger partial charge in [-0.3, -0.25) is 9.78 Å². The number of sulfonamides is 1. The molecule has 176 valence electrons. The fourth-order valence-corrected chi connectivity index (χ4v) is 5.32. The Morgan fingerprint density at radius 1 is 1.06 bits per heavy atom. The monoisotopic (exact) mass is 474 g/mol. The number of aryl methyl sites for hydroxylation is 2. The lowest BCUT2D eigenvalue weighted by Gasteiger charge is -2.25. The molecule has 3 aromatic rings. The highest BCUT2D eigenvalue weighted by Crippen LogP contribution is 2.33. The highest BCUT2D eigenvalue weighted by molar-refractivity contribution is 7.88. The molecule has 34 heavy (non-hydrogen) atoms. The predicted octanol–water partition coefficient (Wildman–Crippen LogP) is 5.15. The minimum atomic E-state index is -3.17. The van der Waals surface area contributed by atoms with Crippen LogP contribution in [0.1, 0.15) is 57.1 Å². The fourth-order valence-electron chi connectivity index (χ4n) is 4.55. The number of carbonyl (C=O) groups is 1. The van der Waals surface area contributed by atoms with Gasteiger partial charge in [0.05, 0.1) is 6.26 Å². The summed E-state index contributed by atoms with van der Waals surface area (Å²) in [6, 6.07) is 20.2. The lowest BCUT2D eigenvalue weighted by Crippen LogP contribution is -2.33. The average Bonchev–Trinajstić information content (AvgIpc) is 2.83. The molecule has 0 saturated carbocycles. The zero-order chi connectivity index (χ0) is 24.3. The van der Waals surface area contributed by atoms with Crippen LogP contribution in [0.25, 0.3) is 5.57 Å². The van der Waals surface area contributed by atoms with Gasteiger partial charge >= 0.3 is 0 Å². The number of carbonyl (C=O) groups excluding carboxylic acids is 1. The Balaban J connectivity index is 1.61. The van der Waals surface area contributed by atoms with E-state index in [9.17, 15) is 13.2 Å². The standard InChI is InChI=1S/C28H30N2O3S/c1-20-6-4-5-7-26(20)27(19-28(31)25-12-15-29-21(2)18-25)24-10-8-22(9-11-24)23-13-16-30(17-14-23)34(3,32)33/h4-13,15,18,27H,14,16-17,19H2,1-3H3/t27-/m1/s1. The van der Waals surface area contributed by atoms with Gasteiger partial charge in [0.15, 0.2) is 5.78 Å². The normalized spacial score (nSPS) is 15.6. The summed E-state index contributed by atoms with van der Waals surface area (Å²) >= 11 is 0. The fraction of sp³-hybridized carbons (Fsp3) is 0.286. The molecule has 0 fully saturated rings. The van der Waals surface area contributed by atoms with Gasteiger partial charge in [-0.2, -0.15) is 4.31 Å². The van der Waals surface area contributed by atoms with Crippen LogP contribution in [0.2, 0.25) is 0 Å². The summed E-state index contributed by atoms with van der Waals surface area (Å²) in [5.41, 5.74) is 7.16. The first-order valence-electron chi connectivity index (χ1n) is 11.5. The minimum absolute atomic E-state index is 0.0581. The number of benzene rings is 2. The maximum atomic E-state index is 13.2. The van der Waals surface area contributed by atoms with Gasteiger partial charge in [0, 0.05) is 42.9 Å². The SMILES string of the molecule is Cc1cc(C(=O)C[C@H](c2ccc(C3=CCN(S(C)(=O)=O)CC3)cc2)c2ccccc2C)ccn1. The number of pyridine rings is 1. The van der Waals surface area contributed by atoms with Crippen molar-refractivity contribution in [1.82, 2.24) is 9.29 Å². The van der Waals surface area contributed by atoms with E-state index in [0.717, 1.165) is 33.5 Å². The maximum Gasteiger partial charge on any atom is 0.211 e. The number of ketones is 1. The van der Waals surface area contributed by atoms with E-state index in [2.05, 4.69) is 48.3 Å². The molecule has 6 heteroatoms. The van der Waals surface area contributed by atoms with Crippen LogP contribution in [0.4, 0.5) is 0 Å². The van der Waals surface area contributed by atoms with Gasteiger partial charge in [0.1, 0.15) is 0 Å². The van der Waals surface area contributed by atoms with E-state index in [1.807, 2.05) is 31.2 Å². The van der Waals surface area contributed by atoms with Crippen LogP contribution in [0.3, 0.4) is 0 Å². The molecule has 4 rings (SSSR count). The molecular formula is C28H30N2O3S. The van der Waals surface area contributed by atoms with Crippen molar-refractivity contribution in [2.24, 2.45) is 0 Å². The molecule has 0 bridgehead atoms. The van der Waals surface area contributed by atoms with Crippen molar-refractivity contribution in [3.8, 4) is 0 Å². The van der Waals surface area contributed by atoms with Gasteiger partial charge in [-0.05, 0) is 60.2 Å². The molecule has 1 aromatic heterocycles. The first kappa shape index (κ1) is 24.0. The topological polar surface area (TPSA) is 67.3 Å². The van der Waals surface area contributed by atoms with Crippen molar-refractivity contribution in [2.75, 3.05) is 19.3 Å². The third-order valence-corrected chi connectivity index (χ3v) is 7.77. The van der Waals surface area contributed by atoms with E-state index in [1.54, 1.807) is 12.3 Å². The second-order valence-corrected chi connectivity index (χ2v) is 10.9. The Morgan fingerprint density at radius 2 is 1.79 bits per heavy atom. The number of nitrogens with zero attached hydrogens (tertiary/aromatic N) is 2. The first-order valence-corrected chi connectivity index (χ1v) is 13.3. The van der Waals surface area contributed by atoms with Gasteiger partial charge < -0.3 is 0 Å². The molecule has 0 spiro atoms. The van der Waals surface area contributed by atoms with Gasteiger partial charge in [0.2, 0.25) is 10.0 Å². The van der Waals surface area contributed by atoms with Crippen molar-refractivity contribution in [3.05, 3.63) is 106 Å². The van der Waals surface area contributed by atoms with Crippen molar-refractivity contribution >= 4 is 21.4 Å². The van der Waals surface area contributed by atoms with Gasteiger partial charge in [-0.25, -0.2) is 8.42 Å². The van der Waals surface area contributed by atoms with Gasteiger partial charge in [0.25, 0.3) is 0 Å². The van der Waals surface area contributed by atoms with Crippen LogP contribution in [0, 0.1) is 13.8 Å². The molecule has 1 aliphatic rings. The van der Waals surface area contributed by atoms with E-state index in [-0.39, 0.29) is 11.7 Å². The Labute approximate surface area is 202 Å². The van der Waals surface area contributed by atoms with E-state index in [0.29, 0.717) is 31.5 Å². The molecule has 2 aromatic carbocycles. The number of aromatic nitrogens is 1. The van der Waals surface area contributed by atoms with Crippen LogP contribution >= 0.6 is 0 Å². The van der Waals surface area contributed by atoms with E-state index >= 15 is 0 Å². The van der Waals surface area contributed by atoms with Crippen LogP contribution < -0.4 is 0 Å². The molecule has 1 atom stereocenters. The number of hydrogen-bond acceptors (Lipinski definition) is 4. The third kappa shape index (κ3) is 5.51. The Bertz CT molecular complexity index is 1330. The Hall–Kier alpha value is -3.09. The Kier molecular flexibility index (Phi) is 7.10. The third-order valence-electron chi connectivity index (χ3n) is 6.50. The van der Waals surface area contributed by atoms with Crippen molar-refractivity contribution in [1.29, 1.82) is 0 Å². The molecule has 1 aliphatic heterocycles. The van der Waals surface area contributed by atoms with Crippen molar-refractivity contribution in [3.63, 3.8) is 0 Å². The average molecular weight is 475 g/mol. The summed E-state index contributed by atoms with van der Waals surface area (Å²) in [7, 11) is -3.17. The molecule has 0 radical (unpaired) electrons. The molecule has 0 saturated heterocycles. The maximum absolute atomic E-state index is 13.2. The molecule has 0 amide bonds. The number of hydrogen-bond donors (Lipinski definition) is 0. The van der Waals surface area contributed by atoms with Crippen LogP contribution in [-0.2, 0) is 10.0 Å². The summed E-state index contributed by atoms with van der Waals surface area (Å²) in [6.07, 6.45) is 5.99. The highest BCUT2D eigenvalue weighted by atomic mass is 32.2. The van der Waals surface area contributed by atoms with E-state index < -0.39 is 10.0 Å². The number of Topliss-reactive ketones (excluding diaryl/α,β-unsaturated/α-hetero) is 1. The van der Waals surface area contributed by atoms with Crippen LogP contribution in [0.15, 0.2) is 72.9 Å². The molecular weight excluding hydrogens is 444 g/mol.